The Morgan fingerprint density at radius 3 is 2.68 bits per heavy atom. The molecule has 0 saturated carbocycles. The molecule has 0 aromatic heterocycles. The van der Waals surface area contributed by atoms with E-state index in [1.54, 1.807) is 6.20 Å². The molecule has 0 aliphatic carbocycles. The van der Waals surface area contributed by atoms with Gasteiger partial charge in [0.15, 0.2) is 0 Å². The summed E-state index contributed by atoms with van der Waals surface area (Å²) in [5.74, 6) is 0. The number of benzene rings is 1. The van der Waals surface area contributed by atoms with Crippen molar-refractivity contribution in [2.75, 3.05) is 6.54 Å². The molecule has 0 spiro atoms. The smallest absolute Gasteiger partial charge is 0.0438 e. The van der Waals surface area contributed by atoms with Gasteiger partial charge in [0.05, 0.1) is 0 Å². The molecule has 0 aliphatic heterocycles. The lowest BCUT2D eigenvalue weighted by Crippen LogP contribution is -2.36. The van der Waals surface area contributed by atoms with Crippen LogP contribution in [0, 0.1) is 13.8 Å². The highest BCUT2D eigenvalue weighted by molar-refractivity contribution is 6.31. The van der Waals surface area contributed by atoms with E-state index >= 15 is 0 Å². The van der Waals surface area contributed by atoms with E-state index in [2.05, 4.69) is 43.2 Å². The van der Waals surface area contributed by atoms with Gasteiger partial charge in [-0.3, -0.25) is 0 Å². The van der Waals surface area contributed by atoms with E-state index in [9.17, 15) is 0 Å². The molecule has 0 saturated heterocycles. The predicted octanol–water partition coefficient (Wildman–Crippen LogP) is 3.95. The normalized spacial score (nSPS) is 12.2. The van der Waals surface area contributed by atoms with Gasteiger partial charge in [0.2, 0.25) is 0 Å². The van der Waals surface area contributed by atoms with Crippen LogP contribution >= 0.6 is 11.6 Å². The number of rotatable bonds is 8. The fraction of sp³-hybridized carbons (Fsp3) is 0.500. The van der Waals surface area contributed by atoms with Crippen LogP contribution in [0.3, 0.4) is 0 Å². The predicted molar refractivity (Wildman–Crippen MR) is 84.7 cm³/mol. The third-order valence-electron chi connectivity index (χ3n) is 3.34. The molecule has 0 fully saturated rings. The van der Waals surface area contributed by atoms with Crippen molar-refractivity contribution in [3.8, 4) is 0 Å². The molecule has 0 aliphatic rings. The van der Waals surface area contributed by atoms with E-state index in [1.807, 2.05) is 6.92 Å². The Kier molecular flexibility index (Phi) is 6.96. The SMILES string of the molecule is C=CNCC(CCC)NCc1cc(Cl)c(C)cc1C. The molecule has 0 heterocycles. The van der Waals surface area contributed by atoms with Gasteiger partial charge < -0.3 is 10.6 Å². The van der Waals surface area contributed by atoms with Crippen LogP contribution in [0.25, 0.3) is 0 Å². The van der Waals surface area contributed by atoms with Crippen LogP contribution in [-0.2, 0) is 6.54 Å². The third-order valence-corrected chi connectivity index (χ3v) is 3.75. The summed E-state index contributed by atoms with van der Waals surface area (Å²) in [6, 6.07) is 4.68. The standard InChI is InChI=1S/C16H25ClN2/c1-5-7-15(11-18-6-2)19-10-14-9-16(17)13(4)8-12(14)3/h6,8-9,15,18-19H,2,5,7,10-11H2,1,3-4H3. The van der Waals surface area contributed by atoms with Crippen LogP contribution < -0.4 is 10.6 Å². The maximum Gasteiger partial charge on any atom is 0.0438 e. The third kappa shape index (κ3) is 5.25. The summed E-state index contributed by atoms with van der Waals surface area (Å²) in [5.41, 5.74) is 3.71. The lowest BCUT2D eigenvalue weighted by atomic mass is 10.0. The number of nitrogens with one attached hydrogen (secondary N) is 2. The number of hydrogen-bond acceptors (Lipinski definition) is 2. The van der Waals surface area contributed by atoms with Gasteiger partial charge in [-0.2, -0.15) is 0 Å². The van der Waals surface area contributed by atoms with Gasteiger partial charge in [-0.15, -0.1) is 0 Å². The van der Waals surface area contributed by atoms with Crippen LogP contribution in [0.5, 0.6) is 0 Å². The van der Waals surface area contributed by atoms with Crippen LogP contribution in [0.2, 0.25) is 5.02 Å². The largest absolute Gasteiger partial charge is 0.390 e. The van der Waals surface area contributed by atoms with Gasteiger partial charge in [0, 0.05) is 24.2 Å². The maximum absolute atomic E-state index is 6.19. The van der Waals surface area contributed by atoms with E-state index in [1.165, 1.54) is 17.5 Å². The second-order valence-electron chi connectivity index (χ2n) is 5.01. The van der Waals surface area contributed by atoms with Gasteiger partial charge >= 0.3 is 0 Å². The summed E-state index contributed by atoms with van der Waals surface area (Å²) in [7, 11) is 0. The fourth-order valence-corrected chi connectivity index (χ4v) is 2.35. The Balaban J connectivity index is 2.62. The Morgan fingerprint density at radius 1 is 1.32 bits per heavy atom. The van der Waals surface area contributed by atoms with Gasteiger partial charge in [0.25, 0.3) is 0 Å². The molecule has 1 aromatic carbocycles. The minimum atomic E-state index is 0.461. The lowest BCUT2D eigenvalue weighted by molar-refractivity contribution is 0.463. The van der Waals surface area contributed by atoms with Crippen LogP contribution in [0.1, 0.15) is 36.5 Å². The first-order valence-electron chi connectivity index (χ1n) is 6.91. The number of aryl methyl sites for hydroxylation is 2. The summed E-state index contributed by atoms with van der Waals surface area (Å²) >= 11 is 6.19. The van der Waals surface area contributed by atoms with Crippen LogP contribution in [-0.4, -0.2) is 12.6 Å². The van der Waals surface area contributed by atoms with Crippen LogP contribution in [0.15, 0.2) is 24.9 Å². The van der Waals surface area contributed by atoms with Crippen molar-refractivity contribution in [1.82, 2.24) is 10.6 Å². The van der Waals surface area contributed by atoms with E-state index in [-0.39, 0.29) is 0 Å². The zero-order chi connectivity index (χ0) is 14.3. The number of halogens is 1. The minimum Gasteiger partial charge on any atom is -0.390 e. The highest BCUT2D eigenvalue weighted by atomic mass is 35.5. The molecule has 1 aromatic rings. The van der Waals surface area contributed by atoms with Crippen LogP contribution in [0.4, 0.5) is 0 Å². The lowest BCUT2D eigenvalue weighted by Gasteiger charge is -2.19. The van der Waals surface area contributed by atoms with E-state index in [4.69, 9.17) is 11.6 Å². The molecule has 106 valence electrons. The van der Waals surface area contributed by atoms with Gasteiger partial charge in [-0.05, 0) is 49.2 Å². The summed E-state index contributed by atoms with van der Waals surface area (Å²) in [4.78, 5) is 0. The highest BCUT2D eigenvalue weighted by Crippen LogP contribution is 2.20. The molecule has 0 bridgehead atoms. The topological polar surface area (TPSA) is 24.1 Å². The molecule has 1 rings (SSSR count). The van der Waals surface area contributed by atoms with Crippen molar-refractivity contribution >= 4 is 11.6 Å². The second-order valence-corrected chi connectivity index (χ2v) is 5.41. The van der Waals surface area contributed by atoms with Gasteiger partial charge in [-0.1, -0.05) is 37.6 Å². The van der Waals surface area contributed by atoms with Crippen molar-refractivity contribution in [2.45, 2.75) is 46.2 Å². The van der Waals surface area contributed by atoms with Gasteiger partial charge in [-0.25, -0.2) is 0 Å². The summed E-state index contributed by atoms with van der Waals surface area (Å²) in [6.07, 6.45) is 4.07. The van der Waals surface area contributed by atoms with E-state index in [0.717, 1.165) is 30.1 Å². The Morgan fingerprint density at radius 2 is 2.05 bits per heavy atom. The Labute approximate surface area is 122 Å². The molecule has 19 heavy (non-hydrogen) atoms. The van der Waals surface area contributed by atoms with E-state index in [0.29, 0.717) is 6.04 Å². The zero-order valence-electron chi connectivity index (χ0n) is 12.2. The summed E-state index contributed by atoms with van der Waals surface area (Å²) in [6.45, 7) is 11.8. The van der Waals surface area contributed by atoms with Crippen molar-refractivity contribution in [3.05, 3.63) is 46.6 Å². The summed E-state index contributed by atoms with van der Waals surface area (Å²) < 4.78 is 0. The minimum absolute atomic E-state index is 0.461. The zero-order valence-corrected chi connectivity index (χ0v) is 13.0. The average Bonchev–Trinajstić information content (AvgIpc) is 2.38. The molecule has 1 unspecified atom stereocenters. The van der Waals surface area contributed by atoms with Crippen molar-refractivity contribution in [2.24, 2.45) is 0 Å². The first-order chi connectivity index (χ1) is 9.08. The first-order valence-corrected chi connectivity index (χ1v) is 7.29. The van der Waals surface area contributed by atoms with Crippen molar-refractivity contribution in [3.63, 3.8) is 0 Å². The molecular formula is C16H25ClN2. The number of hydrogen-bond donors (Lipinski definition) is 2. The quantitative estimate of drug-likeness (QED) is 0.753. The molecule has 3 heteroatoms. The van der Waals surface area contributed by atoms with Gasteiger partial charge in [0.1, 0.15) is 0 Å². The molecule has 2 N–H and O–H groups in total. The molecule has 2 nitrogen and oxygen atoms in total. The first kappa shape index (κ1) is 16.1. The molecule has 0 amide bonds. The Bertz CT molecular complexity index is 415. The molecule has 1 atom stereocenters. The molecule has 0 radical (unpaired) electrons. The maximum atomic E-state index is 6.19. The fourth-order valence-electron chi connectivity index (χ4n) is 2.16. The van der Waals surface area contributed by atoms with Crippen molar-refractivity contribution < 1.29 is 0 Å². The Hall–Kier alpha value is -0.990. The second kappa shape index (κ2) is 8.23. The summed E-state index contributed by atoms with van der Waals surface area (Å²) in [5, 5.41) is 7.62. The van der Waals surface area contributed by atoms with E-state index < -0.39 is 0 Å². The molecular weight excluding hydrogens is 256 g/mol. The monoisotopic (exact) mass is 280 g/mol. The highest BCUT2D eigenvalue weighted by Gasteiger charge is 2.08. The average molecular weight is 281 g/mol. The van der Waals surface area contributed by atoms with Crippen molar-refractivity contribution in [1.29, 1.82) is 0 Å².